The van der Waals surface area contributed by atoms with Gasteiger partial charge in [0, 0.05) is 5.69 Å². The van der Waals surface area contributed by atoms with Gasteiger partial charge in [0.15, 0.2) is 0 Å². The van der Waals surface area contributed by atoms with Gasteiger partial charge in [-0.3, -0.25) is 4.79 Å². The Kier molecular flexibility index (Phi) is 7.97. The minimum Gasteiger partial charge on any atom is -0.496 e. The summed E-state index contributed by atoms with van der Waals surface area (Å²) in [7, 11) is -0.990. The summed E-state index contributed by atoms with van der Waals surface area (Å²) >= 11 is 6.15. The molecule has 0 bridgehead atoms. The molecule has 0 fully saturated rings. The Labute approximate surface area is 198 Å². The molecule has 0 aliphatic heterocycles. The van der Waals surface area contributed by atoms with Crippen molar-refractivity contribution in [2.45, 2.75) is 24.3 Å². The van der Waals surface area contributed by atoms with Crippen molar-refractivity contribution in [3.05, 3.63) is 82.9 Å². The number of rotatable bonds is 9. The standard InChI is InChI=1S/C24H25ClN2O5S/c1-16-13-19(10-12-22(16)31-2)33(29,30)27-21(14-17-7-5-4-6-8-17)24(28)26-18-9-11-23(32-3)20(25)15-18/h4-13,15,21,27H,14H2,1-3H3,(H,26,28)/t21-/m1/s1. The fourth-order valence-corrected chi connectivity index (χ4v) is 4.82. The predicted molar refractivity (Wildman–Crippen MR) is 129 cm³/mol. The van der Waals surface area contributed by atoms with Crippen LogP contribution in [0.2, 0.25) is 5.02 Å². The zero-order chi connectivity index (χ0) is 24.0. The van der Waals surface area contributed by atoms with Gasteiger partial charge in [0.2, 0.25) is 15.9 Å². The lowest BCUT2D eigenvalue weighted by Gasteiger charge is -2.19. The molecule has 3 rings (SSSR count). The summed E-state index contributed by atoms with van der Waals surface area (Å²) in [4.78, 5) is 13.2. The van der Waals surface area contributed by atoms with Gasteiger partial charge in [-0.1, -0.05) is 41.9 Å². The van der Waals surface area contributed by atoms with Crippen LogP contribution in [-0.4, -0.2) is 34.6 Å². The van der Waals surface area contributed by atoms with E-state index in [1.807, 2.05) is 30.3 Å². The number of sulfonamides is 1. The van der Waals surface area contributed by atoms with E-state index in [0.717, 1.165) is 5.56 Å². The smallest absolute Gasteiger partial charge is 0.242 e. The largest absolute Gasteiger partial charge is 0.496 e. The molecule has 3 aromatic rings. The minimum atomic E-state index is -4.00. The van der Waals surface area contributed by atoms with Crippen molar-refractivity contribution in [1.82, 2.24) is 4.72 Å². The minimum absolute atomic E-state index is 0.0409. The van der Waals surface area contributed by atoms with Crippen LogP contribution in [0.25, 0.3) is 0 Å². The summed E-state index contributed by atoms with van der Waals surface area (Å²) in [5.41, 5.74) is 1.89. The van der Waals surface area contributed by atoms with Gasteiger partial charge in [-0.05, 0) is 60.9 Å². The second-order valence-corrected chi connectivity index (χ2v) is 9.45. The average molecular weight is 489 g/mol. The Balaban J connectivity index is 1.88. The fourth-order valence-electron chi connectivity index (χ4n) is 3.28. The second kappa shape index (κ2) is 10.7. The first-order valence-electron chi connectivity index (χ1n) is 10.1. The number of benzene rings is 3. The fraction of sp³-hybridized carbons (Fsp3) is 0.208. The van der Waals surface area contributed by atoms with Crippen LogP contribution in [0.3, 0.4) is 0 Å². The highest BCUT2D eigenvalue weighted by molar-refractivity contribution is 7.89. The highest BCUT2D eigenvalue weighted by Crippen LogP contribution is 2.27. The Bertz CT molecular complexity index is 1230. The van der Waals surface area contributed by atoms with Gasteiger partial charge in [-0.15, -0.1) is 0 Å². The van der Waals surface area contributed by atoms with E-state index in [9.17, 15) is 13.2 Å². The van der Waals surface area contributed by atoms with Crippen molar-refractivity contribution in [1.29, 1.82) is 0 Å². The normalized spacial score (nSPS) is 12.1. The van der Waals surface area contributed by atoms with Gasteiger partial charge in [0.25, 0.3) is 0 Å². The molecule has 0 aliphatic carbocycles. The first kappa shape index (κ1) is 24.6. The second-order valence-electron chi connectivity index (χ2n) is 7.33. The lowest BCUT2D eigenvalue weighted by molar-refractivity contribution is -0.117. The summed E-state index contributed by atoms with van der Waals surface area (Å²) < 4.78 is 39.1. The molecule has 9 heteroatoms. The molecule has 0 heterocycles. The summed E-state index contributed by atoms with van der Waals surface area (Å²) in [6, 6.07) is 17.4. The number of aryl methyl sites for hydroxylation is 1. The maximum Gasteiger partial charge on any atom is 0.242 e. The van der Waals surface area contributed by atoms with Gasteiger partial charge in [-0.2, -0.15) is 4.72 Å². The number of nitrogens with one attached hydrogen (secondary N) is 2. The lowest BCUT2D eigenvalue weighted by atomic mass is 10.1. The van der Waals surface area contributed by atoms with E-state index in [-0.39, 0.29) is 11.3 Å². The maximum atomic E-state index is 13.1. The molecule has 2 N–H and O–H groups in total. The summed E-state index contributed by atoms with van der Waals surface area (Å²) in [6.07, 6.45) is 0.158. The molecule has 0 spiro atoms. The SMILES string of the molecule is COc1ccc(S(=O)(=O)N[C@H](Cc2ccccc2)C(=O)Nc2ccc(OC)c(Cl)c2)cc1C. The third kappa shape index (κ3) is 6.25. The van der Waals surface area contributed by atoms with Crippen molar-refractivity contribution in [2.24, 2.45) is 0 Å². The molecular formula is C24H25ClN2O5S. The zero-order valence-electron chi connectivity index (χ0n) is 18.5. The molecule has 174 valence electrons. The van der Waals surface area contributed by atoms with Crippen molar-refractivity contribution >= 4 is 33.2 Å². The predicted octanol–water partition coefficient (Wildman–Crippen LogP) is 4.19. The number of amides is 1. The summed E-state index contributed by atoms with van der Waals surface area (Å²) in [6.45, 7) is 1.75. The van der Waals surface area contributed by atoms with E-state index in [1.165, 1.54) is 26.4 Å². The van der Waals surface area contributed by atoms with Gasteiger partial charge >= 0.3 is 0 Å². The Hall–Kier alpha value is -3.07. The summed E-state index contributed by atoms with van der Waals surface area (Å²) in [5, 5.41) is 3.06. The van der Waals surface area contributed by atoms with Crippen LogP contribution in [0.15, 0.2) is 71.6 Å². The number of hydrogen-bond donors (Lipinski definition) is 2. The number of anilines is 1. The molecule has 0 saturated carbocycles. The number of ether oxygens (including phenoxy) is 2. The van der Waals surface area contributed by atoms with E-state index in [1.54, 1.807) is 31.2 Å². The van der Waals surface area contributed by atoms with Crippen LogP contribution in [-0.2, 0) is 21.2 Å². The average Bonchev–Trinajstić information content (AvgIpc) is 2.79. The highest BCUT2D eigenvalue weighted by Gasteiger charge is 2.27. The highest BCUT2D eigenvalue weighted by atomic mass is 35.5. The summed E-state index contributed by atoms with van der Waals surface area (Å²) in [5.74, 6) is 0.517. The Morgan fingerprint density at radius 1 is 0.970 bits per heavy atom. The number of carbonyl (C=O) groups is 1. The van der Waals surface area contributed by atoms with Crippen LogP contribution in [0, 0.1) is 6.92 Å². The van der Waals surface area contributed by atoms with Crippen LogP contribution < -0.4 is 19.5 Å². The molecule has 1 amide bonds. The third-order valence-electron chi connectivity index (χ3n) is 4.99. The molecule has 7 nitrogen and oxygen atoms in total. The van der Waals surface area contributed by atoms with Gasteiger partial charge in [0.1, 0.15) is 17.5 Å². The number of halogens is 1. The lowest BCUT2D eigenvalue weighted by Crippen LogP contribution is -2.45. The molecule has 0 saturated heterocycles. The molecule has 0 radical (unpaired) electrons. The van der Waals surface area contributed by atoms with Crippen molar-refractivity contribution in [2.75, 3.05) is 19.5 Å². The Morgan fingerprint density at radius 3 is 2.24 bits per heavy atom. The topological polar surface area (TPSA) is 93.7 Å². The van der Waals surface area contributed by atoms with E-state index in [0.29, 0.717) is 27.8 Å². The third-order valence-corrected chi connectivity index (χ3v) is 6.76. The van der Waals surface area contributed by atoms with Crippen LogP contribution >= 0.6 is 11.6 Å². The van der Waals surface area contributed by atoms with Crippen LogP contribution in [0.5, 0.6) is 11.5 Å². The molecule has 33 heavy (non-hydrogen) atoms. The number of hydrogen-bond acceptors (Lipinski definition) is 5. The van der Waals surface area contributed by atoms with E-state index in [4.69, 9.17) is 21.1 Å². The quantitative estimate of drug-likeness (QED) is 0.471. The zero-order valence-corrected chi connectivity index (χ0v) is 20.0. The number of methoxy groups -OCH3 is 2. The van der Waals surface area contributed by atoms with Gasteiger partial charge < -0.3 is 14.8 Å². The van der Waals surface area contributed by atoms with Gasteiger partial charge in [-0.25, -0.2) is 8.42 Å². The molecule has 0 unspecified atom stereocenters. The van der Waals surface area contributed by atoms with Crippen molar-refractivity contribution < 1.29 is 22.7 Å². The number of carbonyl (C=O) groups excluding carboxylic acids is 1. The molecule has 1 atom stereocenters. The monoisotopic (exact) mass is 488 g/mol. The molecular weight excluding hydrogens is 464 g/mol. The molecule has 0 aromatic heterocycles. The van der Waals surface area contributed by atoms with Crippen molar-refractivity contribution in [3.63, 3.8) is 0 Å². The molecule has 0 aliphatic rings. The van der Waals surface area contributed by atoms with E-state index >= 15 is 0 Å². The van der Waals surface area contributed by atoms with E-state index < -0.39 is 22.0 Å². The van der Waals surface area contributed by atoms with E-state index in [2.05, 4.69) is 10.0 Å². The Morgan fingerprint density at radius 2 is 1.64 bits per heavy atom. The van der Waals surface area contributed by atoms with Crippen molar-refractivity contribution in [3.8, 4) is 11.5 Å². The molecule has 3 aromatic carbocycles. The first-order chi connectivity index (χ1) is 15.7. The van der Waals surface area contributed by atoms with Crippen LogP contribution in [0.1, 0.15) is 11.1 Å². The maximum absolute atomic E-state index is 13.1. The van der Waals surface area contributed by atoms with Gasteiger partial charge in [0.05, 0.1) is 24.1 Å². The first-order valence-corrected chi connectivity index (χ1v) is 11.9. The van der Waals surface area contributed by atoms with Crippen LogP contribution in [0.4, 0.5) is 5.69 Å².